The Bertz CT molecular complexity index is 284. The zero-order valence-corrected chi connectivity index (χ0v) is 7.86. The Morgan fingerprint density at radius 2 is 1.43 bits per heavy atom. The van der Waals surface area contributed by atoms with E-state index >= 15 is 0 Å². The van der Waals surface area contributed by atoms with Gasteiger partial charge in [-0.25, -0.2) is 5.01 Å². The molecule has 0 unspecified atom stereocenters. The van der Waals surface area contributed by atoms with Crippen LogP contribution < -0.4 is 0 Å². The first-order valence-electron chi connectivity index (χ1n) is 4.86. The third-order valence-corrected chi connectivity index (χ3v) is 2.57. The number of amides is 3. The van der Waals surface area contributed by atoms with Gasteiger partial charge < -0.3 is 0 Å². The van der Waals surface area contributed by atoms with E-state index in [2.05, 4.69) is 0 Å². The van der Waals surface area contributed by atoms with Gasteiger partial charge in [-0.1, -0.05) is 0 Å². The fraction of sp³-hybridized carbons (Fsp3) is 0.667. The number of imide groups is 1. The first-order valence-corrected chi connectivity index (χ1v) is 4.86. The van der Waals surface area contributed by atoms with Crippen molar-refractivity contribution in [1.29, 1.82) is 0 Å². The standard InChI is InChI=1S/C9H12N2O3/c12-7-3-1-2-6-10(7)11-8(13)4-5-9(11)14/h1-6H2. The van der Waals surface area contributed by atoms with Crippen molar-refractivity contribution < 1.29 is 14.4 Å². The van der Waals surface area contributed by atoms with Crippen LogP contribution in [0.4, 0.5) is 0 Å². The van der Waals surface area contributed by atoms with Crippen LogP contribution in [0.5, 0.6) is 0 Å². The molecule has 14 heavy (non-hydrogen) atoms. The quantitative estimate of drug-likeness (QED) is 0.557. The number of hydrogen-bond acceptors (Lipinski definition) is 3. The van der Waals surface area contributed by atoms with E-state index < -0.39 is 0 Å². The molecular weight excluding hydrogens is 184 g/mol. The summed E-state index contributed by atoms with van der Waals surface area (Å²) in [5, 5.41) is 2.34. The van der Waals surface area contributed by atoms with Crippen molar-refractivity contribution in [2.45, 2.75) is 32.1 Å². The summed E-state index contributed by atoms with van der Waals surface area (Å²) in [6.45, 7) is 0.496. The molecule has 0 radical (unpaired) electrons. The molecule has 76 valence electrons. The molecular formula is C9H12N2O3. The van der Waals surface area contributed by atoms with Gasteiger partial charge in [-0.15, -0.1) is 0 Å². The summed E-state index contributed by atoms with van der Waals surface area (Å²) in [6.07, 6.45) is 2.64. The van der Waals surface area contributed by atoms with E-state index in [1.165, 1.54) is 5.01 Å². The van der Waals surface area contributed by atoms with E-state index in [4.69, 9.17) is 0 Å². The Hall–Kier alpha value is -1.39. The van der Waals surface area contributed by atoms with Crippen molar-refractivity contribution in [3.8, 4) is 0 Å². The minimum absolute atomic E-state index is 0.111. The smallest absolute Gasteiger partial charge is 0.248 e. The van der Waals surface area contributed by atoms with Gasteiger partial charge in [0.1, 0.15) is 0 Å². The summed E-state index contributed by atoms with van der Waals surface area (Å²) in [5.41, 5.74) is 0. The van der Waals surface area contributed by atoms with Crippen LogP contribution in [0.1, 0.15) is 32.1 Å². The molecule has 0 spiro atoms. The van der Waals surface area contributed by atoms with Crippen molar-refractivity contribution in [3.63, 3.8) is 0 Å². The minimum Gasteiger partial charge on any atom is -0.273 e. The molecule has 0 atom stereocenters. The number of nitrogens with zero attached hydrogens (tertiary/aromatic N) is 2. The molecule has 2 saturated heterocycles. The zero-order chi connectivity index (χ0) is 10.1. The number of hydrogen-bond donors (Lipinski definition) is 0. The van der Waals surface area contributed by atoms with E-state index in [-0.39, 0.29) is 30.6 Å². The van der Waals surface area contributed by atoms with Gasteiger partial charge in [0.25, 0.3) is 0 Å². The Kier molecular flexibility index (Phi) is 2.23. The monoisotopic (exact) mass is 196 g/mol. The predicted molar refractivity (Wildman–Crippen MR) is 46.7 cm³/mol. The molecule has 0 saturated carbocycles. The summed E-state index contributed by atoms with van der Waals surface area (Å²) in [4.78, 5) is 34.1. The van der Waals surface area contributed by atoms with E-state index in [9.17, 15) is 14.4 Å². The van der Waals surface area contributed by atoms with Gasteiger partial charge in [0.2, 0.25) is 17.7 Å². The Morgan fingerprint density at radius 3 is 2.00 bits per heavy atom. The summed E-state index contributed by atoms with van der Waals surface area (Å²) in [5.74, 6) is -0.602. The minimum atomic E-state index is -0.245. The van der Waals surface area contributed by atoms with Crippen LogP contribution in [-0.4, -0.2) is 34.3 Å². The SMILES string of the molecule is O=C1CCCCN1N1C(=O)CCC1=O. The lowest BCUT2D eigenvalue weighted by molar-refractivity contribution is -0.170. The van der Waals surface area contributed by atoms with Crippen LogP contribution in [0.25, 0.3) is 0 Å². The largest absolute Gasteiger partial charge is 0.273 e. The van der Waals surface area contributed by atoms with E-state index in [1.54, 1.807) is 0 Å². The highest BCUT2D eigenvalue weighted by molar-refractivity contribution is 6.03. The van der Waals surface area contributed by atoms with Crippen LogP contribution in [0.2, 0.25) is 0 Å². The maximum absolute atomic E-state index is 11.5. The molecule has 2 aliphatic rings. The van der Waals surface area contributed by atoms with Crippen LogP contribution in [0.3, 0.4) is 0 Å². The maximum Gasteiger partial charge on any atom is 0.248 e. The lowest BCUT2D eigenvalue weighted by atomic mass is 10.1. The highest BCUT2D eigenvalue weighted by Gasteiger charge is 2.37. The molecule has 0 aromatic rings. The molecule has 2 aliphatic heterocycles. The molecule has 2 heterocycles. The molecule has 0 aliphatic carbocycles. The van der Waals surface area contributed by atoms with E-state index in [0.29, 0.717) is 13.0 Å². The normalized spacial score (nSPS) is 23.6. The Morgan fingerprint density at radius 1 is 0.786 bits per heavy atom. The topological polar surface area (TPSA) is 57.7 Å². The molecule has 2 fully saturated rings. The number of hydrazine groups is 1. The average molecular weight is 196 g/mol. The summed E-state index contributed by atoms with van der Waals surface area (Å²) in [7, 11) is 0. The highest BCUT2D eigenvalue weighted by atomic mass is 16.2. The van der Waals surface area contributed by atoms with Gasteiger partial charge in [0.05, 0.1) is 0 Å². The first-order chi connectivity index (χ1) is 6.70. The molecule has 3 amide bonds. The second-order valence-corrected chi connectivity index (χ2v) is 3.57. The van der Waals surface area contributed by atoms with Crippen molar-refractivity contribution in [2.24, 2.45) is 0 Å². The lowest BCUT2D eigenvalue weighted by Gasteiger charge is -2.32. The third kappa shape index (κ3) is 1.38. The zero-order valence-electron chi connectivity index (χ0n) is 7.86. The number of carbonyl (C=O) groups excluding carboxylic acids is 3. The van der Waals surface area contributed by atoms with Gasteiger partial charge in [-0.3, -0.25) is 14.4 Å². The van der Waals surface area contributed by atoms with Gasteiger partial charge in [-0.2, -0.15) is 5.01 Å². The second-order valence-electron chi connectivity index (χ2n) is 3.57. The maximum atomic E-state index is 11.5. The lowest BCUT2D eigenvalue weighted by Crippen LogP contribution is -2.51. The van der Waals surface area contributed by atoms with E-state index in [0.717, 1.165) is 17.9 Å². The summed E-state index contributed by atoms with van der Waals surface area (Å²) in [6, 6.07) is 0. The molecule has 5 heteroatoms. The summed E-state index contributed by atoms with van der Waals surface area (Å²) >= 11 is 0. The Balaban J connectivity index is 2.16. The Labute approximate surface area is 81.6 Å². The van der Waals surface area contributed by atoms with Crippen molar-refractivity contribution in [2.75, 3.05) is 6.54 Å². The second kappa shape index (κ2) is 3.40. The number of piperidine rings is 1. The van der Waals surface area contributed by atoms with Crippen LogP contribution in [0, 0.1) is 0 Å². The third-order valence-electron chi connectivity index (χ3n) is 2.57. The van der Waals surface area contributed by atoms with E-state index in [1.807, 2.05) is 0 Å². The molecule has 0 bridgehead atoms. The van der Waals surface area contributed by atoms with Crippen LogP contribution in [-0.2, 0) is 14.4 Å². The molecule has 2 rings (SSSR count). The van der Waals surface area contributed by atoms with Crippen molar-refractivity contribution in [3.05, 3.63) is 0 Å². The first kappa shape index (κ1) is 9.18. The van der Waals surface area contributed by atoms with Gasteiger partial charge in [0.15, 0.2) is 0 Å². The number of carbonyl (C=O) groups is 3. The van der Waals surface area contributed by atoms with Gasteiger partial charge in [0, 0.05) is 25.8 Å². The fourth-order valence-electron chi connectivity index (χ4n) is 1.84. The van der Waals surface area contributed by atoms with Gasteiger partial charge >= 0.3 is 0 Å². The highest BCUT2D eigenvalue weighted by Crippen LogP contribution is 2.19. The van der Waals surface area contributed by atoms with Gasteiger partial charge in [-0.05, 0) is 12.8 Å². The number of rotatable bonds is 1. The predicted octanol–water partition coefficient (Wildman–Crippen LogP) is 0.0629. The molecule has 0 N–H and O–H groups in total. The molecule has 0 aromatic carbocycles. The molecule has 0 aromatic heterocycles. The van der Waals surface area contributed by atoms with Crippen LogP contribution >= 0.6 is 0 Å². The van der Waals surface area contributed by atoms with Crippen LogP contribution in [0.15, 0.2) is 0 Å². The van der Waals surface area contributed by atoms with Crippen molar-refractivity contribution in [1.82, 2.24) is 10.0 Å². The fourth-order valence-corrected chi connectivity index (χ4v) is 1.84. The summed E-state index contributed by atoms with van der Waals surface area (Å²) < 4.78 is 0. The van der Waals surface area contributed by atoms with Crippen molar-refractivity contribution >= 4 is 17.7 Å². The molecule has 5 nitrogen and oxygen atoms in total. The average Bonchev–Trinajstić information content (AvgIpc) is 2.48.